The number of carbonyl (C=O) groups excluding carboxylic acids is 1. The number of hydrogen-bond acceptors (Lipinski definition) is 3. The van der Waals surface area contributed by atoms with E-state index in [2.05, 4.69) is 5.32 Å². The third kappa shape index (κ3) is 4.93. The molecule has 4 nitrogen and oxygen atoms in total. The topological polar surface area (TPSA) is 47.6 Å². The van der Waals surface area contributed by atoms with Gasteiger partial charge in [0.2, 0.25) is 5.91 Å². The van der Waals surface area contributed by atoms with Crippen LogP contribution in [0.2, 0.25) is 0 Å². The molecule has 0 heterocycles. The summed E-state index contributed by atoms with van der Waals surface area (Å²) >= 11 is 5.59. The maximum Gasteiger partial charge on any atom is 0.220 e. The van der Waals surface area contributed by atoms with Crippen molar-refractivity contribution in [2.45, 2.75) is 32.2 Å². The van der Waals surface area contributed by atoms with Gasteiger partial charge in [0.1, 0.15) is 0 Å². The molecular formula is C15H22ClNO3. The van der Waals surface area contributed by atoms with Crippen LogP contribution in [0, 0.1) is 0 Å². The number of unbranched alkanes of at least 4 members (excludes halogenated alkanes) is 1. The molecule has 0 fully saturated rings. The van der Waals surface area contributed by atoms with Crippen LogP contribution >= 0.6 is 11.6 Å². The lowest BCUT2D eigenvalue weighted by molar-refractivity contribution is -0.121. The van der Waals surface area contributed by atoms with Crippen LogP contribution in [0.1, 0.15) is 37.8 Å². The van der Waals surface area contributed by atoms with Gasteiger partial charge in [-0.05, 0) is 37.5 Å². The Morgan fingerprint density at radius 1 is 1.25 bits per heavy atom. The predicted molar refractivity (Wildman–Crippen MR) is 80.7 cm³/mol. The molecule has 1 rings (SSSR count). The van der Waals surface area contributed by atoms with Crippen LogP contribution in [0.25, 0.3) is 0 Å². The van der Waals surface area contributed by atoms with Crippen LogP contribution in [-0.2, 0) is 4.79 Å². The maximum atomic E-state index is 11.8. The molecular weight excluding hydrogens is 278 g/mol. The van der Waals surface area contributed by atoms with Crippen molar-refractivity contribution in [3.63, 3.8) is 0 Å². The molecule has 0 radical (unpaired) electrons. The van der Waals surface area contributed by atoms with Gasteiger partial charge in [-0.2, -0.15) is 0 Å². The summed E-state index contributed by atoms with van der Waals surface area (Å²) in [6, 6.07) is 5.57. The van der Waals surface area contributed by atoms with E-state index in [1.807, 2.05) is 25.1 Å². The third-order valence-electron chi connectivity index (χ3n) is 3.07. The van der Waals surface area contributed by atoms with Crippen LogP contribution in [0.5, 0.6) is 11.5 Å². The minimum atomic E-state index is -0.0710. The predicted octanol–water partition coefficient (Wildman–Crippen LogP) is 3.29. The van der Waals surface area contributed by atoms with Crippen molar-refractivity contribution >= 4 is 17.5 Å². The van der Waals surface area contributed by atoms with Crippen molar-refractivity contribution in [1.29, 1.82) is 0 Å². The Hall–Kier alpha value is -1.42. The molecule has 112 valence electrons. The SMILES string of the molecule is COc1ccc(C(C)NC(=O)CCCCCl)cc1OC. The number of ether oxygens (including phenoxy) is 2. The number of carbonyl (C=O) groups is 1. The summed E-state index contributed by atoms with van der Waals surface area (Å²) in [7, 11) is 3.19. The summed E-state index contributed by atoms with van der Waals surface area (Å²) in [5, 5.41) is 2.97. The van der Waals surface area contributed by atoms with E-state index in [9.17, 15) is 4.79 Å². The number of alkyl halides is 1. The molecule has 1 aromatic rings. The molecule has 0 spiro atoms. The van der Waals surface area contributed by atoms with Crippen molar-refractivity contribution in [1.82, 2.24) is 5.32 Å². The molecule has 1 amide bonds. The summed E-state index contributed by atoms with van der Waals surface area (Å²) < 4.78 is 10.5. The Bertz CT molecular complexity index is 437. The number of nitrogens with one attached hydrogen (secondary N) is 1. The van der Waals surface area contributed by atoms with Gasteiger partial charge in [-0.3, -0.25) is 4.79 Å². The molecule has 0 bridgehead atoms. The van der Waals surface area contributed by atoms with Crippen molar-refractivity contribution in [2.24, 2.45) is 0 Å². The largest absolute Gasteiger partial charge is 0.493 e. The fourth-order valence-corrected chi connectivity index (χ4v) is 2.09. The Kier molecular flexibility index (Phi) is 7.23. The molecule has 0 aliphatic carbocycles. The van der Waals surface area contributed by atoms with Crippen LogP contribution in [0.4, 0.5) is 0 Å². The highest BCUT2D eigenvalue weighted by molar-refractivity contribution is 6.17. The van der Waals surface area contributed by atoms with E-state index in [-0.39, 0.29) is 11.9 Å². The number of hydrogen-bond donors (Lipinski definition) is 1. The average Bonchev–Trinajstić information content (AvgIpc) is 2.46. The van der Waals surface area contributed by atoms with E-state index in [0.29, 0.717) is 23.8 Å². The number of methoxy groups -OCH3 is 2. The van der Waals surface area contributed by atoms with E-state index in [1.54, 1.807) is 14.2 Å². The smallest absolute Gasteiger partial charge is 0.220 e. The van der Waals surface area contributed by atoms with E-state index in [1.165, 1.54) is 0 Å². The minimum absolute atomic E-state index is 0.0393. The highest BCUT2D eigenvalue weighted by Gasteiger charge is 2.12. The number of rotatable bonds is 8. The third-order valence-corrected chi connectivity index (χ3v) is 3.34. The first-order chi connectivity index (χ1) is 9.62. The number of amides is 1. The molecule has 0 aliphatic rings. The summed E-state index contributed by atoms with van der Waals surface area (Å²) in [6.07, 6.45) is 2.18. The van der Waals surface area contributed by atoms with Gasteiger partial charge in [0.05, 0.1) is 20.3 Å². The molecule has 0 saturated heterocycles. The summed E-state index contributed by atoms with van der Waals surface area (Å²) in [4.78, 5) is 11.8. The zero-order valence-corrected chi connectivity index (χ0v) is 13.0. The normalized spacial score (nSPS) is 11.8. The second kappa shape index (κ2) is 8.69. The molecule has 0 aromatic heterocycles. The standard InChI is InChI=1S/C15H22ClNO3/c1-11(17-15(18)6-4-5-9-16)12-7-8-13(19-2)14(10-12)20-3/h7-8,10-11H,4-6,9H2,1-3H3,(H,17,18). The fraction of sp³-hybridized carbons (Fsp3) is 0.533. The summed E-state index contributed by atoms with van der Waals surface area (Å²) in [6.45, 7) is 1.95. The zero-order chi connectivity index (χ0) is 15.0. The van der Waals surface area contributed by atoms with E-state index in [4.69, 9.17) is 21.1 Å². The van der Waals surface area contributed by atoms with Crippen LogP contribution in [0.3, 0.4) is 0 Å². The second-order valence-electron chi connectivity index (χ2n) is 4.55. The van der Waals surface area contributed by atoms with Crippen LogP contribution in [0.15, 0.2) is 18.2 Å². The van der Waals surface area contributed by atoms with Gasteiger partial charge < -0.3 is 14.8 Å². The van der Waals surface area contributed by atoms with Crippen molar-refractivity contribution in [3.05, 3.63) is 23.8 Å². The number of halogens is 1. The van der Waals surface area contributed by atoms with Gasteiger partial charge in [0.25, 0.3) is 0 Å². The van der Waals surface area contributed by atoms with Crippen molar-refractivity contribution in [3.8, 4) is 11.5 Å². The molecule has 1 atom stereocenters. The summed E-state index contributed by atoms with van der Waals surface area (Å²) in [5.41, 5.74) is 0.980. The van der Waals surface area contributed by atoms with Crippen molar-refractivity contribution in [2.75, 3.05) is 20.1 Å². The van der Waals surface area contributed by atoms with Gasteiger partial charge in [-0.1, -0.05) is 6.07 Å². The lowest BCUT2D eigenvalue weighted by Crippen LogP contribution is -2.26. The highest BCUT2D eigenvalue weighted by Crippen LogP contribution is 2.29. The summed E-state index contributed by atoms with van der Waals surface area (Å²) in [5.74, 6) is 1.97. The Labute approximate surface area is 125 Å². The van der Waals surface area contributed by atoms with Crippen molar-refractivity contribution < 1.29 is 14.3 Å². The molecule has 5 heteroatoms. The lowest BCUT2D eigenvalue weighted by Gasteiger charge is -2.16. The first kappa shape index (κ1) is 16.6. The van der Waals surface area contributed by atoms with Gasteiger partial charge in [-0.15, -0.1) is 11.6 Å². The van der Waals surface area contributed by atoms with E-state index in [0.717, 1.165) is 18.4 Å². The second-order valence-corrected chi connectivity index (χ2v) is 4.93. The lowest BCUT2D eigenvalue weighted by atomic mass is 10.1. The van der Waals surface area contributed by atoms with Gasteiger partial charge >= 0.3 is 0 Å². The van der Waals surface area contributed by atoms with Gasteiger partial charge in [0, 0.05) is 12.3 Å². The van der Waals surface area contributed by atoms with E-state index >= 15 is 0 Å². The maximum absolute atomic E-state index is 11.8. The van der Waals surface area contributed by atoms with Gasteiger partial charge in [0.15, 0.2) is 11.5 Å². The number of benzene rings is 1. The molecule has 0 saturated carbocycles. The fourth-order valence-electron chi connectivity index (χ4n) is 1.90. The monoisotopic (exact) mass is 299 g/mol. The van der Waals surface area contributed by atoms with Crippen LogP contribution in [-0.4, -0.2) is 26.0 Å². The molecule has 20 heavy (non-hydrogen) atoms. The quantitative estimate of drug-likeness (QED) is 0.592. The molecule has 1 unspecified atom stereocenters. The Morgan fingerprint density at radius 3 is 2.55 bits per heavy atom. The van der Waals surface area contributed by atoms with Gasteiger partial charge in [-0.25, -0.2) is 0 Å². The highest BCUT2D eigenvalue weighted by atomic mass is 35.5. The molecule has 1 N–H and O–H groups in total. The molecule has 0 aliphatic heterocycles. The Morgan fingerprint density at radius 2 is 1.95 bits per heavy atom. The average molecular weight is 300 g/mol. The Balaban J connectivity index is 2.63. The zero-order valence-electron chi connectivity index (χ0n) is 12.2. The van der Waals surface area contributed by atoms with Crippen LogP contribution < -0.4 is 14.8 Å². The first-order valence-electron chi connectivity index (χ1n) is 6.69. The molecule has 1 aromatic carbocycles. The van der Waals surface area contributed by atoms with E-state index < -0.39 is 0 Å². The first-order valence-corrected chi connectivity index (χ1v) is 7.23. The minimum Gasteiger partial charge on any atom is -0.493 e.